The smallest absolute Gasteiger partial charge is 0.183 e. The lowest BCUT2D eigenvalue weighted by molar-refractivity contribution is 0.764. The van der Waals surface area contributed by atoms with Crippen LogP contribution in [0.15, 0.2) is 30.3 Å². The summed E-state index contributed by atoms with van der Waals surface area (Å²) in [6.07, 6.45) is 3.82. The number of imidazole rings is 1. The van der Waals surface area contributed by atoms with Gasteiger partial charge in [-0.15, -0.1) is 0 Å². The van der Waals surface area contributed by atoms with E-state index in [2.05, 4.69) is 39.0 Å². The van der Waals surface area contributed by atoms with Gasteiger partial charge in [-0.05, 0) is 12.0 Å². The van der Waals surface area contributed by atoms with Crippen molar-refractivity contribution in [2.24, 2.45) is 0 Å². The second-order valence-corrected chi connectivity index (χ2v) is 5.17. The van der Waals surface area contributed by atoms with Crippen molar-refractivity contribution in [1.29, 1.82) is 0 Å². The van der Waals surface area contributed by atoms with Crippen molar-refractivity contribution in [2.75, 3.05) is 5.73 Å². The van der Waals surface area contributed by atoms with Crippen LogP contribution in [0.2, 0.25) is 0 Å². The van der Waals surface area contributed by atoms with Gasteiger partial charge >= 0.3 is 0 Å². The third kappa shape index (κ3) is 3.02. The molecule has 108 valence electrons. The predicted molar refractivity (Wildman–Crippen MR) is 84.0 cm³/mol. The first-order valence-corrected chi connectivity index (χ1v) is 7.31. The zero-order valence-electron chi connectivity index (χ0n) is 12.1. The van der Waals surface area contributed by atoms with Crippen molar-refractivity contribution in [1.82, 2.24) is 19.9 Å². The fourth-order valence-corrected chi connectivity index (χ4v) is 2.33. The van der Waals surface area contributed by atoms with Gasteiger partial charge in [0.15, 0.2) is 11.5 Å². The Labute approximate surface area is 123 Å². The van der Waals surface area contributed by atoms with Crippen LogP contribution in [0.1, 0.15) is 37.0 Å². The lowest BCUT2D eigenvalue weighted by Crippen LogP contribution is -2.01. The number of anilines is 1. The van der Waals surface area contributed by atoms with Crippen LogP contribution >= 0.6 is 0 Å². The highest BCUT2D eigenvalue weighted by Crippen LogP contribution is 2.17. The van der Waals surface area contributed by atoms with Crippen LogP contribution in [0.25, 0.3) is 11.2 Å². The highest BCUT2D eigenvalue weighted by atomic mass is 15.1. The van der Waals surface area contributed by atoms with Gasteiger partial charge in [0.1, 0.15) is 17.2 Å². The summed E-state index contributed by atoms with van der Waals surface area (Å²) in [7, 11) is 0. The maximum Gasteiger partial charge on any atom is 0.183 e. The lowest BCUT2D eigenvalue weighted by atomic mass is 10.1. The number of H-pyrrole nitrogens is 1. The van der Waals surface area contributed by atoms with Crippen molar-refractivity contribution in [3.8, 4) is 0 Å². The minimum atomic E-state index is 0.473. The van der Waals surface area contributed by atoms with Gasteiger partial charge in [0.05, 0.1) is 0 Å². The molecule has 5 nitrogen and oxygen atoms in total. The second kappa shape index (κ2) is 5.91. The Morgan fingerprint density at radius 1 is 1.10 bits per heavy atom. The summed E-state index contributed by atoms with van der Waals surface area (Å²) < 4.78 is 0. The quantitative estimate of drug-likeness (QED) is 0.753. The Morgan fingerprint density at radius 3 is 2.67 bits per heavy atom. The molecule has 2 aromatic heterocycles. The van der Waals surface area contributed by atoms with Crippen LogP contribution < -0.4 is 5.73 Å². The van der Waals surface area contributed by atoms with Crippen LogP contribution in [0, 0.1) is 0 Å². The maximum atomic E-state index is 6.03. The average Bonchev–Trinajstić information content (AvgIpc) is 2.90. The number of rotatable bonds is 5. The molecule has 0 radical (unpaired) electrons. The van der Waals surface area contributed by atoms with E-state index in [0.29, 0.717) is 23.7 Å². The highest BCUT2D eigenvalue weighted by Gasteiger charge is 2.10. The molecule has 0 atom stereocenters. The number of benzene rings is 1. The zero-order valence-corrected chi connectivity index (χ0v) is 12.1. The molecule has 0 fully saturated rings. The van der Waals surface area contributed by atoms with Crippen LogP contribution in [0.4, 0.5) is 5.82 Å². The molecule has 3 N–H and O–H groups in total. The molecule has 3 aromatic rings. The zero-order chi connectivity index (χ0) is 14.7. The average molecular weight is 281 g/mol. The number of fused-ring (bicyclic) bond motifs is 1. The van der Waals surface area contributed by atoms with Crippen LogP contribution in [-0.2, 0) is 12.8 Å². The molecule has 0 aliphatic carbocycles. The van der Waals surface area contributed by atoms with E-state index < -0.39 is 0 Å². The van der Waals surface area contributed by atoms with Crippen molar-refractivity contribution < 1.29 is 0 Å². The van der Waals surface area contributed by atoms with E-state index in [4.69, 9.17) is 5.73 Å². The number of nitrogens with one attached hydrogen (secondary N) is 1. The summed E-state index contributed by atoms with van der Waals surface area (Å²) in [6, 6.07) is 10.1. The van der Waals surface area contributed by atoms with E-state index in [1.165, 1.54) is 0 Å². The molecule has 0 saturated heterocycles. The lowest BCUT2D eigenvalue weighted by Gasteiger charge is -2.02. The van der Waals surface area contributed by atoms with E-state index in [0.717, 1.165) is 36.2 Å². The molecule has 0 unspecified atom stereocenters. The topological polar surface area (TPSA) is 80.5 Å². The van der Waals surface area contributed by atoms with Gasteiger partial charge in [0.2, 0.25) is 0 Å². The van der Waals surface area contributed by atoms with Gasteiger partial charge in [0.25, 0.3) is 0 Å². The van der Waals surface area contributed by atoms with Gasteiger partial charge < -0.3 is 10.7 Å². The van der Waals surface area contributed by atoms with E-state index in [9.17, 15) is 0 Å². The molecular formula is C16H19N5. The maximum absolute atomic E-state index is 6.03. The molecule has 0 saturated carbocycles. The molecular weight excluding hydrogens is 262 g/mol. The summed E-state index contributed by atoms with van der Waals surface area (Å²) in [6.45, 7) is 2.16. The number of aromatic amines is 1. The van der Waals surface area contributed by atoms with E-state index >= 15 is 0 Å². The largest absolute Gasteiger partial charge is 0.382 e. The number of aryl methyl sites for hydroxylation is 1. The fourth-order valence-electron chi connectivity index (χ4n) is 2.33. The number of hydrogen-bond acceptors (Lipinski definition) is 4. The third-order valence-electron chi connectivity index (χ3n) is 3.45. The molecule has 1 aromatic carbocycles. The summed E-state index contributed by atoms with van der Waals surface area (Å²) in [5, 5.41) is 0. The van der Waals surface area contributed by atoms with Gasteiger partial charge in [-0.1, -0.05) is 43.7 Å². The Bertz CT molecular complexity index is 733. The number of unbranched alkanes of at least 4 members (excludes halogenated alkanes) is 1. The Morgan fingerprint density at radius 2 is 1.90 bits per heavy atom. The van der Waals surface area contributed by atoms with Crippen LogP contribution in [0.5, 0.6) is 0 Å². The van der Waals surface area contributed by atoms with E-state index in [1.807, 2.05) is 18.2 Å². The van der Waals surface area contributed by atoms with Crippen molar-refractivity contribution in [3.63, 3.8) is 0 Å². The Balaban J connectivity index is 1.91. The van der Waals surface area contributed by atoms with Crippen molar-refractivity contribution in [2.45, 2.75) is 32.6 Å². The van der Waals surface area contributed by atoms with E-state index in [1.54, 1.807) is 0 Å². The van der Waals surface area contributed by atoms with Gasteiger partial charge in [0, 0.05) is 12.8 Å². The summed E-state index contributed by atoms with van der Waals surface area (Å²) in [5.74, 6) is 2.12. The number of hydrogen-bond donors (Lipinski definition) is 2. The normalized spacial score (nSPS) is 11.1. The van der Waals surface area contributed by atoms with Gasteiger partial charge in [-0.2, -0.15) is 0 Å². The highest BCUT2D eigenvalue weighted by molar-refractivity contribution is 5.81. The Kier molecular flexibility index (Phi) is 3.81. The molecule has 0 aliphatic rings. The third-order valence-corrected chi connectivity index (χ3v) is 3.45. The van der Waals surface area contributed by atoms with E-state index in [-0.39, 0.29) is 0 Å². The molecule has 0 spiro atoms. The SMILES string of the molecule is CCCCc1nc2nc(Cc3ccccc3)nc(N)c2[nH]1. The predicted octanol–water partition coefficient (Wildman–Crippen LogP) is 2.87. The fraction of sp³-hybridized carbons (Fsp3) is 0.312. The van der Waals surface area contributed by atoms with Crippen molar-refractivity contribution in [3.05, 3.63) is 47.5 Å². The number of aromatic nitrogens is 4. The second-order valence-electron chi connectivity index (χ2n) is 5.17. The molecule has 2 heterocycles. The molecule has 0 aliphatic heterocycles. The number of nitrogens with zero attached hydrogens (tertiary/aromatic N) is 3. The first-order chi connectivity index (χ1) is 10.3. The molecule has 3 rings (SSSR count). The molecule has 0 bridgehead atoms. The van der Waals surface area contributed by atoms with Gasteiger partial charge in [-0.25, -0.2) is 15.0 Å². The first kappa shape index (κ1) is 13.5. The van der Waals surface area contributed by atoms with Gasteiger partial charge in [-0.3, -0.25) is 0 Å². The number of nitrogen functional groups attached to an aromatic ring is 1. The number of nitrogens with two attached hydrogens (primary N) is 1. The summed E-state index contributed by atoms with van der Waals surface area (Å²) >= 11 is 0. The summed E-state index contributed by atoms with van der Waals surface area (Å²) in [4.78, 5) is 16.7. The summed E-state index contributed by atoms with van der Waals surface area (Å²) in [5.41, 5.74) is 8.61. The standard InChI is InChI=1S/C16H19N5/c1-2-3-9-12-18-14-15(17)19-13(21-16(14)20-12)10-11-7-5-4-6-8-11/h4-8H,2-3,9-10H2,1H3,(H3,17,18,19,20,21). The van der Waals surface area contributed by atoms with Crippen LogP contribution in [-0.4, -0.2) is 19.9 Å². The molecule has 0 amide bonds. The van der Waals surface area contributed by atoms with Crippen molar-refractivity contribution >= 4 is 17.0 Å². The molecule has 5 heteroatoms. The first-order valence-electron chi connectivity index (χ1n) is 7.31. The Hall–Kier alpha value is -2.43. The van der Waals surface area contributed by atoms with Crippen LogP contribution in [0.3, 0.4) is 0 Å². The monoisotopic (exact) mass is 281 g/mol. The molecule has 21 heavy (non-hydrogen) atoms. The minimum Gasteiger partial charge on any atom is -0.382 e. The minimum absolute atomic E-state index is 0.473.